The quantitative estimate of drug-likeness (QED) is 0.0486. The third-order valence-electron chi connectivity index (χ3n) is 6.98. The van der Waals surface area contributed by atoms with Gasteiger partial charge in [-0.3, -0.25) is 34.3 Å². The largest absolute Gasteiger partial charge is 0.481 e. The highest BCUT2D eigenvalue weighted by molar-refractivity contribution is 5.95. The van der Waals surface area contributed by atoms with Crippen LogP contribution in [0.2, 0.25) is 0 Å². The second-order valence-electron chi connectivity index (χ2n) is 10.3. The molecule has 244 valence electrons. The number of fused-ring (bicyclic) bond motifs is 3. The Bertz CT molecular complexity index is 1450. The van der Waals surface area contributed by atoms with Crippen molar-refractivity contribution in [3.05, 3.63) is 35.5 Å². The molecule has 18 heteroatoms. The molecule has 0 saturated heterocycles. The summed E-state index contributed by atoms with van der Waals surface area (Å²) in [5.74, 6) is -6.52. The molecule has 4 atom stereocenters. The second-order valence-corrected chi connectivity index (χ2v) is 10.3. The molecule has 4 unspecified atom stereocenters. The number of carbonyl (C=O) groups is 6. The zero-order valence-corrected chi connectivity index (χ0v) is 24.2. The maximum Gasteiger partial charge on any atom is 0.328 e. The molecule has 13 N–H and O–H groups in total. The number of H-pyrrole nitrogens is 1. The number of carboxylic acids is 2. The number of carboxylic acid groups (broad SMARTS) is 2. The Morgan fingerprint density at radius 3 is 2.38 bits per heavy atom. The number of hydrogen-bond acceptors (Lipinski definition) is 9. The predicted octanol–water partition coefficient (Wildman–Crippen LogP) is -3.64. The van der Waals surface area contributed by atoms with Crippen molar-refractivity contribution >= 4 is 52.4 Å². The molecule has 4 amide bonds. The number of aromatic amines is 1. The van der Waals surface area contributed by atoms with E-state index < -0.39 is 79.3 Å². The molecule has 0 radical (unpaired) electrons. The fraction of sp³-hybridized carbons (Fsp3) is 0.444. The van der Waals surface area contributed by atoms with Crippen molar-refractivity contribution in [2.45, 2.75) is 56.4 Å². The van der Waals surface area contributed by atoms with Crippen molar-refractivity contribution in [2.75, 3.05) is 19.7 Å². The summed E-state index contributed by atoms with van der Waals surface area (Å²) in [6.45, 7) is -1.11. The highest BCUT2D eigenvalue weighted by Crippen LogP contribution is 2.26. The van der Waals surface area contributed by atoms with Crippen molar-refractivity contribution in [3.63, 3.8) is 0 Å². The van der Waals surface area contributed by atoms with Gasteiger partial charge in [-0.25, -0.2) is 4.79 Å². The van der Waals surface area contributed by atoms with Crippen LogP contribution in [0.25, 0.3) is 10.9 Å². The number of para-hydroxylation sites is 1. The van der Waals surface area contributed by atoms with Gasteiger partial charge in [0.25, 0.3) is 0 Å². The molecule has 0 saturated carbocycles. The van der Waals surface area contributed by atoms with E-state index in [0.717, 1.165) is 22.2 Å². The molecule has 0 spiro atoms. The van der Waals surface area contributed by atoms with Gasteiger partial charge in [0, 0.05) is 29.7 Å². The van der Waals surface area contributed by atoms with Gasteiger partial charge in [0.05, 0.1) is 25.6 Å². The monoisotopic (exact) mass is 631 g/mol. The van der Waals surface area contributed by atoms with Gasteiger partial charge in [0.2, 0.25) is 23.6 Å². The third kappa shape index (κ3) is 9.90. The van der Waals surface area contributed by atoms with Gasteiger partial charge < -0.3 is 53.0 Å². The van der Waals surface area contributed by atoms with Gasteiger partial charge in [0.15, 0.2) is 5.96 Å². The lowest BCUT2D eigenvalue weighted by atomic mass is 9.97. The van der Waals surface area contributed by atoms with Gasteiger partial charge >= 0.3 is 11.9 Å². The molecule has 0 bridgehead atoms. The third-order valence-corrected chi connectivity index (χ3v) is 6.98. The molecule has 0 fully saturated rings. The number of aliphatic carboxylic acids is 2. The van der Waals surface area contributed by atoms with E-state index >= 15 is 0 Å². The number of nitrogens with two attached hydrogens (primary N) is 2. The zero-order chi connectivity index (χ0) is 33.1. The van der Waals surface area contributed by atoms with E-state index in [4.69, 9.17) is 26.8 Å². The van der Waals surface area contributed by atoms with Crippen LogP contribution in [-0.2, 0) is 41.7 Å². The molecule has 45 heavy (non-hydrogen) atoms. The van der Waals surface area contributed by atoms with E-state index in [1.54, 1.807) is 0 Å². The number of aliphatic hydroxyl groups excluding tert-OH is 1. The molecule has 1 aliphatic rings. The Kier molecular flexibility index (Phi) is 12.2. The number of aromatic nitrogens is 1. The minimum Gasteiger partial charge on any atom is -0.481 e. The molecular formula is C27H37N9O9. The number of nitrogens with zero attached hydrogens (tertiary/aromatic N) is 1. The number of hydrogen-bond donors (Lipinski definition) is 11. The number of rotatable bonds is 16. The average molecular weight is 632 g/mol. The fourth-order valence-corrected chi connectivity index (χ4v) is 4.75. The van der Waals surface area contributed by atoms with Crippen molar-refractivity contribution in [1.29, 1.82) is 0 Å². The number of carbonyl (C=O) groups excluding carboxylic acids is 4. The van der Waals surface area contributed by atoms with Gasteiger partial charge in [-0.1, -0.05) is 18.2 Å². The highest BCUT2D eigenvalue weighted by Gasteiger charge is 2.31. The normalized spacial score (nSPS) is 15.9. The van der Waals surface area contributed by atoms with E-state index in [1.807, 2.05) is 29.6 Å². The molecule has 0 aliphatic carbocycles. The van der Waals surface area contributed by atoms with Crippen LogP contribution in [0.3, 0.4) is 0 Å². The van der Waals surface area contributed by atoms with Gasteiger partial charge in [-0.05, 0) is 30.9 Å². The molecule has 3 rings (SSSR count). The smallest absolute Gasteiger partial charge is 0.328 e. The maximum absolute atomic E-state index is 13.3. The van der Waals surface area contributed by atoms with Crippen molar-refractivity contribution in [1.82, 2.24) is 31.6 Å². The Balaban J connectivity index is 1.63. The van der Waals surface area contributed by atoms with Crippen LogP contribution in [0.5, 0.6) is 0 Å². The summed E-state index contributed by atoms with van der Waals surface area (Å²) in [4.78, 5) is 80.8. The van der Waals surface area contributed by atoms with E-state index in [2.05, 4.69) is 31.2 Å². The first kappa shape index (κ1) is 34.3. The summed E-state index contributed by atoms with van der Waals surface area (Å²) in [5.41, 5.74) is 13.6. The number of nitrogens with one attached hydrogen (secondary N) is 6. The number of aliphatic hydroxyl groups is 1. The SMILES string of the molecule is NC(N)=NCCCC(NC(=O)C1Cc2c([nH]c3ccccc23)CN1)C(=O)NCC(=O)NC(CC(=O)O)C(=O)NC(CO)C(=O)O. The highest BCUT2D eigenvalue weighted by atomic mass is 16.4. The molecule has 2 heterocycles. The molecule has 1 aromatic heterocycles. The summed E-state index contributed by atoms with van der Waals surface area (Å²) in [6.07, 6.45) is -0.145. The number of amides is 4. The Hall–Kier alpha value is -5.23. The van der Waals surface area contributed by atoms with Crippen LogP contribution in [-0.4, -0.2) is 106 Å². The first-order chi connectivity index (χ1) is 21.4. The standard InChI is InChI=1S/C27H37N9O9/c28-27(29)30-7-3-6-16(35-24(42)17-8-14-13-4-1-2-5-15(13)33-19(14)10-31-17)23(41)32-11-21(38)34-18(9-22(39)40)25(43)36-20(12-37)26(44)45/h1-2,4-5,16-18,20,31,33,37H,3,6-12H2,(H,32,41)(H,34,38)(H,35,42)(H,36,43)(H,39,40)(H,44,45)(H4,28,29,30). The average Bonchev–Trinajstić information content (AvgIpc) is 3.37. The first-order valence-corrected chi connectivity index (χ1v) is 14.0. The summed E-state index contributed by atoms with van der Waals surface area (Å²) < 4.78 is 0. The number of benzene rings is 1. The summed E-state index contributed by atoms with van der Waals surface area (Å²) >= 11 is 0. The summed E-state index contributed by atoms with van der Waals surface area (Å²) in [7, 11) is 0. The molecular weight excluding hydrogens is 594 g/mol. The molecule has 2 aromatic rings. The van der Waals surface area contributed by atoms with Crippen LogP contribution in [0.4, 0.5) is 0 Å². The zero-order valence-electron chi connectivity index (χ0n) is 24.2. The van der Waals surface area contributed by atoms with E-state index in [9.17, 15) is 28.8 Å². The Morgan fingerprint density at radius 2 is 1.71 bits per heavy atom. The van der Waals surface area contributed by atoms with Crippen LogP contribution < -0.4 is 38.1 Å². The maximum atomic E-state index is 13.3. The lowest BCUT2D eigenvalue weighted by Gasteiger charge is -2.26. The van der Waals surface area contributed by atoms with Gasteiger partial charge in [-0.2, -0.15) is 0 Å². The molecule has 1 aliphatic heterocycles. The second kappa shape index (κ2) is 16.0. The van der Waals surface area contributed by atoms with Gasteiger partial charge in [0.1, 0.15) is 18.1 Å². The topological polar surface area (TPSA) is 303 Å². The van der Waals surface area contributed by atoms with Crippen LogP contribution in [0.1, 0.15) is 30.5 Å². The lowest BCUT2D eigenvalue weighted by molar-refractivity contribution is -0.144. The van der Waals surface area contributed by atoms with E-state index in [-0.39, 0.29) is 18.9 Å². The predicted molar refractivity (Wildman–Crippen MR) is 158 cm³/mol. The molecule has 18 nitrogen and oxygen atoms in total. The van der Waals surface area contributed by atoms with Crippen LogP contribution in [0.15, 0.2) is 29.3 Å². The minimum atomic E-state index is -1.73. The summed E-state index contributed by atoms with van der Waals surface area (Å²) in [6, 6.07) is 2.50. The van der Waals surface area contributed by atoms with Gasteiger partial charge in [-0.15, -0.1) is 0 Å². The Labute approximate surface area is 256 Å². The van der Waals surface area contributed by atoms with Crippen molar-refractivity contribution in [3.8, 4) is 0 Å². The van der Waals surface area contributed by atoms with Crippen LogP contribution >= 0.6 is 0 Å². The minimum absolute atomic E-state index is 0.100. The first-order valence-electron chi connectivity index (χ1n) is 14.0. The fourth-order valence-electron chi connectivity index (χ4n) is 4.75. The van der Waals surface area contributed by atoms with E-state index in [1.165, 1.54) is 0 Å². The number of guanidine groups is 1. The lowest BCUT2D eigenvalue weighted by Crippen LogP contribution is -2.56. The van der Waals surface area contributed by atoms with Crippen molar-refractivity contribution < 1.29 is 44.1 Å². The number of aliphatic imine (C=N–C) groups is 1. The van der Waals surface area contributed by atoms with Crippen molar-refractivity contribution in [2.24, 2.45) is 16.5 Å². The Morgan fingerprint density at radius 1 is 0.978 bits per heavy atom. The van der Waals surface area contributed by atoms with Crippen LogP contribution in [0, 0.1) is 0 Å². The molecule has 1 aromatic carbocycles. The summed E-state index contributed by atoms with van der Waals surface area (Å²) in [5, 5.41) is 40.5. The van der Waals surface area contributed by atoms with E-state index in [0.29, 0.717) is 19.4 Å².